The van der Waals surface area contributed by atoms with Crippen molar-refractivity contribution in [3.8, 4) is 11.4 Å². The molecule has 0 radical (unpaired) electrons. The van der Waals surface area contributed by atoms with Gasteiger partial charge in [0.25, 0.3) is 5.91 Å². The molecule has 27 heavy (non-hydrogen) atoms. The quantitative estimate of drug-likeness (QED) is 0.550. The molecule has 1 amide bonds. The Kier molecular flexibility index (Phi) is 5.28. The molecule has 1 aliphatic rings. The molecule has 136 valence electrons. The van der Waals surface area contributed by atoms with Gasteiger partial charge in [-0.25, -0.2) is 0 Å². The lowest BCUT2D eigenvalue weighted by Crippen LogP contribution is -2.49. The minimum absolute atomic E-state index is 0.0858. The van der Waals surface area contributed by atoms with Gasteiger partial charge in [-0.3, -0.25) is 9.78 Å². The molecule has 0 bridgehead atoms. The standard InChI is InChI=1S/C20H18IN5O/c21-16-6-4-15(5-7-16)20(27)26-13-11-25(12-14-26)19-9-8-18(23-24-19)17-3-1-2-10-22-17/h1-10H,11-14H2. The van der Waals surface area contributed by atoms with E-state index in [0.717, 1.165) is 39.4 Å². The van der Waals surface area contributed by atoms with Crippen LogP contribution in [0, 0.1) is 3.57 Å². The Hall–Kier alpha value is -2.55. The Bertz CT molecular complexity index is 907. The van der Waals surface area contributed by atoms with Crippen molar-refractivity contribution in [3.63, 3.8) is 0 Å². The van der Waals surface area contributed by atoms with Gasteiger partial charge in [-0.05, 0) is 71.1 Å². The van der Waals surface area contributed by atoms with Crippen LogP contribution in [0.1, 0.15) is 10.4 Å². The first-order chi connectivity index (χ1) is 13.2. The SMILES string of the molecule is O=C(c1ccc(I)cc1)N1CCN(c2ccc(-c3ccccn3)nn2)CC1. The van der Waals surface area contributed by atoms with E-state index in [0.29, 0.717) is 13.1 Å². The lowest BCUT2D eigenvalue weighted by Gasteiger charge is -2.35. The summed E-state index contributed by atoms with van der Waals surface area (Å²) in [4.78, 5) is 21.0. The maximum Gasteiger partial charge on any atom is 0.253 e. The first-order valence-corrected chi connectivity index (χ1v) is 9.83. The average molecular weight is 471 g/mol. The van der Waals surface area contributed by atoms with Crippen molar-refractivity contribution in [3.05, 3.63) is 69.9 Å². The second-order valence-electron chi connectivity index (χ2n) is 6.28. The van der Waals surface area contributed by atoms with Crippen molar-refractivity contribution in [2.75, 3.05) is 31.1 Å². The molecule has 1 fully saturated rings. The van der Waals surface area contributed by atoms with Gasteiger partial charge in [0.05, 0.1) is 5.69 Å². The lowest BCUT2D eigenvalue weighted by atomic mass is 10.2. The molecule has 1 aromatic carbocycles. The Morgan fingerprint density at radius 1 is 0.852 bits per heavy atom. The summed E-state index contributed by atoms with van der Waals surface area (Å²) >= 11 is 2.24. The van der Waals surface area contributed by atoms with Crippen LogP contribution in [-0.4, -0.2) is 52.2 Å². The number of piperazine rings is 1. The molecule has 0 aliphatic carbocycles. The predicted molar refractivity (Wildman–Crippen MR) is 113 cm³/mol. The third-order valence-corrected chi connectivity index (χ3v) is 5.28. The van der Waals surface area contributed by atoms with Crippen molar-refractivity contribution < 1.29 is 4.79 Å². The fraction of sp³-hybridized carbons (Fsp3) is 0.200. The number of anilines is 1. The average Bonchev–Trinajstić information content (AvgIpc) is 2.75. The zero-order valence-electron chi connectivity index (χ0n) is 14.6. The second kappa shape index (κ2) is 7.99. The summed E-state index contributed by atoms with van der Waals surface area (Å²) in [5.41, 5.74) is 2.31. The van der Waals surface area contributed by atoms with Crippen LogP contribution in [-0.2, 0) is 0 Å². The highest BCUT2D eigenvalue weighted by molar-refractivity contribution is 14.1. The van der Waals surface area contributed by atoms with E-state index in [9.17, 15) is 4.79 Å². The smallest absolute Gasteiger partial charge is 0.253 e. The zero-order valence-corrected chi connectivity index (χ0v) is 16.8. The first-order valence-electron chi connectivity index (χ1n) is 8.75. The molecule has 1 saturated heterocycles. The highest BCUT2D eigenvalue weighted by Crippen LogP contribution is 2.18. The van der Waals surface area contributed by atoms with E-state index in [1.807, 2.05) is 59.5 Å². The molecule has 1 aliphatic heterocycles. The van der Waals surface area contributed by atoms with E-state index in [2.05, 4.69) is 42.7 Å². The van der Waals surface area contributed by atoms with Crippen LogP contribution in [0.4, 0.5) is 5.82 Å². The van der Waals surface area contributed by atoms with Gasteiger partial charge in [-0.1, -0.05) is 6.07 Å². The summed E-state index contributed by atoms with van der Waals surface area (Å²) in [6.45, 7) is 2.84. The number of carbonyl (C=O) groups is 1. The molecule has 3 aromatic rings. The van der Waals surface area contributed by atoms with Crippen LogP contribution >= 0.6 is 22.6 Å². The summed E-state index contributed by atoms with van der Waals surface area (Å²) in [6.07, 6.45) is 1.74. The van der Waals surface area contributed by atoms with Gasteiger partial charge >= 0.3 is 0 Å². The molecule has 0 atom stereocenters. The normalized spacial score (nSPS) is 14.3. The van der Waals surface area contributed by atoms with Crippen molar-refractivity contribution in [2.45, 2.75) is 0 Å². The third kappa shape index (κ3) is 4.08. The molecule has 0 saturated carbocycles. The molecule has 2 aromatic heterocycles. The molecule has 4 rings (SSSR count). The summed E-state index contributed by atoms with van der Waals surface area (Å²) in [7, 11) is 0. The summed E-state index contributed by atoms with van der Waals surface area (Å²) in [5.74, 6) is 0.915. The minimum Gasteiger partial charge on any atom is -0.352 e. The molecular weight excluding hydrogens is 453 g/mol. The van der Waals surface area contributed by atoms with Gasteiger partial charge in [0, 0.05) is 41.5 Å². The molecule has 7 heteroatoms. The topological polar surface area (TPSA) is 62.2 Å². The van der Waals surface area contributed by atoms with Gasteiger partial charge in [0.15, 0.2) is 5.82 Å². The Morgan fingerprint density at radius 3 is 2.26 bits per heavy atom. The van der Waals surface area contributed by atoms with Crippen molar-refractivity contribution in [2.24, 2.45) is 0 Å². The number of benzene rings is 1. The van der Waals surface area contributed by atoms with E-state index in [1.165, 1.54) is 0 Å². The second-order valence-corrected chi connectivity index (χ2v) is 7.52. The van der Waals surface area contributed by atoms with E-state index in [4.69, 9.17) is 0 Å². The number of carbonyl (C=O) groups excluding carboxylic acids is 1. The van der Waals surface area contributed by atoms with E-state index in [-0.39, 0.29) is 5.91 Å². The van der Waals surface area contributed by atoms with Gasteiger partial charge in [-0.2, -0.15) is 0 Å². The maximum absolute atomic E-state index is 12.6. The van der Waals surface area contributed by atoms with E-state index >= 15 is 0 Å². The van der Waals surface area contributed by atoms with Gasteiger partial charge in [-0.15, -0.1) is 10.2 Å². The number of pyridine rings is 1. The number of halogens is 1. The third-order valence-electron chi connectivity index (χ3n) is 4.56. The molecule has 0 unspecified atom stereocenters. The van der Waals surface area contributed by atoms with Crippen LogP contribution in [0.3, 0.4) is 0 Å². The molecule has 6 nitrogen and oxygen atoms in total. The number of rotatable bonds is 3. The highest BCUT2D eigenvalue weighted by atomic mass is 127. The maximum atomic E-state index is 12.6. The van der Waals surface area contributed by atoms with Crippen LogP contribution in [0.5, 0.6) is 0 Å². The monoisotopic (exact) mass is 471 g/mol. The first kappa shape index (κ1) is 17.8. The molecular formula is C20H18IN5O. The van der Waals surface area contributed by atoms with Gasteiger partial charge in [0.1, 0.15) is 5.69 Å². The van der Waals surface area contributed by atoms with Gasteiger partial charge in [0.2, 0.25) is 0 Å². The van der Waals surface area contributed by atoms with Crippen LogP contribution in [0.15, 0.2) is 60.8 Å². The number of hydrogen-bond donors (Lipinski definition) is 0. The lowest BCUT2D eigenvalue weighted by molar-refractivity contribution is 0.0746. The predicted octanol–water partition coefficient (Wildman–Crippen LogP) is 3.11. The van der Waals surface area contributed by atoms with E-state index < -0.39 is 0 Å². The zero-order chi connectivity index (χ0) is 18.6. The summed E-state index contributed by atoms with van der Waals surface area (Å²) in [5, 5.41) is 8.65. The Morgan fingerprint density at radius 2 is 1.63 bits per heavy atom. The van der Waals surface area contributed by atoms with Crippen molar-refractivity contribution >= 4 is 34.3 Å². The number of amides is 1. The summed E-state index contributed by atoms with van der Waals surface area (Å²) < 4.78 is 1.13. The molecule has 0 spiro atoms. The Balaban J connectivity index is 1.39. The van der Waals surface area contributed by atoms with E-state index in [1.54, 1.807) is 6.20 Å². The van der Waals surface area contributed by atoms with Gasteiger partial charge < -0.3 is 9.80 Å². The highest BCUT2D eigenvalue weighted by Gasteiger charge is 2.23. The fourth-order valence-electron chi connectivity index (χ4n) is 3.06. The molecule has 3 heterocycles. The van der Waals surface area contributed by atoms with Crippen LogP contribution in [0.2, 0.25) is 0 Å². The van der Waals surface area contributed by atoms with Crippen molar-refractivity contribution in [1.29, 1.82) is 0 Å². The van der Waals surface area contributed by atoms with Crippen LogP contribution in [0.25, 0.3) is 11.4 Å². The largest absolute Gasteiger partial charge is 0.352 e. The minimum atomic E-state index is 0.0858. The molecule has 0 N–H and O–H groups in total. The Labute approximate surface area is 171 Å². The fourth-order valence-corrected chi connectivity index (χ4v) is 3.42. The van der Waals surface area contributed by atoms with Crippen molar-refractivity contribution in [1.82, 2.24) is 20.1 Å². The summed E-state index contributed by atoms with van der Waals surface area (Å²) in [6, 6.07) is 17.3. The number of aromatic nitrogens is 3. The van der Waals surface area contributed by atoms with Crippen LogP contribution < -0.4 is 4.90 Å². The number of hydrogen-bond acceptors (Lipinski definition) is 5. The number of nitrogens with zero attached hydrogens (tertiary/aromatic N) is 5.